The van der Waals surface area contributed by atoms with E-state index in [9.17, 15) is 4.79 Å². The number of amides is 2. The highest BCUT2D eigenvalue weighted by Crippen LogP contribution is 2.12. The zero-order chi connectivity index (χ0) is 14.3. The van der Waals surface area contributed by atoms with Crippen LogP contribution in [0.3, 0.4) is 0 Å². The van der Waals surface area contributed by atoms with Gasteiger partial charge in [0, 0.05) is 19.3 Å². The second-order valence-electron chi connectivity index (χ2n) is 4.64. The summed E-state index contributed by atoms with van der Waals surface area (Å²) in [6, 6.07) is 7.29. The minimum Gasteiger partial charge on any atom is -0.395 e. The van der Waals surface area contributed by atoms with Crippen molar-refractivity contribution >= 4 is 11.7 Å². The number of rotatable bonds is 6. The molecule has 19 heavy (non-hydrogen) atoms. The van der Waals surface area contributed by atoms with Crippen molar-refractivity contribution in [3.63, 3.8) is 0 Å². The number of nitrogens with zero attached hydrogens (tertiary/aromatic N) is 1. The third-order valence-corrected chi connectivity index (χ3v) is 2.54. The second kappa shape index (κ2) is 7.76. The normalized spacial score (nSPS) is 10.6. The fourth-order valence-electron chi connectivity index (χ4n) is 1.47. The molecule has 0 aromatic heterocycles. The molecule has 5 heteroatoms. The van der Waals surface area contributed by atoms with Crippen LogP contribution in [0.25, 0.3) is 0 Å². The van der Waals surface area contributed by atoms with Crippen molar-refractivity contribution in [3.8, 4) is 0 Å². The highest BCUT2D eigenvalue weighted by molar-refractivity contribution is 5.89. The topological polar surface area (TPSA) is 61.8 Å². The van der Waals surface area contributed by atoms with Gasteiger partial charge in [-0.3, -0.25) is 0 Å². The third-order valence-electron chi connectivity index (χ3n) is 2.54. The molecule has 0 aliphatic carbocycles. The number of ether oxygens (including phenoxy) is 1. The Morgan fingerprint density at radius 2 is 2.21 bits per heavy atom. The number of likely N-dealkylation sites (N-methyl/N-ethyl adjacent to an activating group) is 1. The number of carbonyl (C=O) groups is 1. The van der Waals surface area contributed by atoms with Gasteiger partial charge in [-0.05, 0) is 31.5 Å². The monoisotopic (exact) mass is 266 g/mol. The van der Waals surface area contributed by atoms with Crippen LogP contribution in [0, 0.1) is 0 Å². The quantitative estimate of drug-likeness (QED) is 0.828. The summed E-state index contributed by atoms with van der Waals surface area (Å²) in [7, 11) is 1.64. The van der Waals surface area contributed by atoms with Gasteiger partial charge in [0.05, 0.1) is 19.3 Å². The summed E-state index contributed by atoms with van der Waals surface area (Å²) in [5.74, 6) is 0. The summed E-state index contributed by atoms with van der Waals surface area (Å²) < 4.78 is 5.52. The van der Waals surface area contributed by atoms with Crippen molar-refractivity contribution in [2.75, 3.05) is 25.5 Å². The van der Waals surface area contributed by atoms with Gasteiger partial charge in [-0.15, -0.1) is 0 Å². The lowest BCUT2D eigenvalue weighted by Gasteiger charge is -2.17. The first-order chi connectivity index (χ1) is 9.02. The van der Waals surface area contributed by atoms with Crippen LogP contribution in [0.4, 0.5) is 10.5 Å². The van der Waals surface area contributed by atoms with Gasteiger partial charge in [-0.1, -0.05) is 12.1 Å². The molecule has 0 atom stereocenters. The maximum atomic E-state index is 11.8. The zero-order valence-corrected chi connectivity index (χ0v) is 11.7. The van der Waals surface area contributed by atoms with Gasteiger partial charge in [0.1, 0.15) is 0 Å². The molecule has 0 bridgehead atoms. The maximum Gasteiger partial charge on any atom is 0.321 e. The van der Waals surface area contributed by atoms with E-state index < -0.39 is 0 Å². The van der Waals surface area contributed by atoms with E-state index in [4.69, 9.17) is 9.84 Å². The van der Waals surface area contributed by atoms with Gasteiger partial charge >= 0.3 is 6.03 Å². The van der Waals surface area contributed by atoms with Crippen LogP contribution in [0.2, 0.25) is 0 Å². The lowest BCUT2D eigenvalue weighted by Crippen LogP contribution is -2.33. The lowest BCUT2D eigenvalue weighted by molar-refractivity contribution is 0.0657. The van der Waals surface area contributed by atoms with E-state index in [1.165, 1.54) is 4.90 Å². The molecule has 0 aliphatic rings. The predicted molar refractivity (Wildman–Crippen MR) is 75.1 cm³/mol. The Hall–Kier alpha value is -1.59. The van der Waals surface area contributed by atoms with Crippen molar-refractivity contribution in [1.29, 1.82) is 0 Å². The van der Waals surface area contributed by atoms with Crippen LogP contribution in [0.15, 0.2) is 24.3 Å². The van der Waals surface area contributed by atoms with Crippen LogP contribution in [0.5, 0.6) is 0 Å². The van der Waals surface area contributed by atoms with E-state index >= 15 is 0 Å². The van der Waals surface area contributed by atoms with Crippen molar-refractivity contribution in [2.24, 2.45) is 0 Å². The number of carbonyl (C=O) groups excluding carboxylic acids is 1. The molecule has 2 N–H and O–H groups in total. The third kappa shape index (κ3) is 5.72. The molecule has 1 aromatic rings. The average Bonchev–Trinajstić information content (AvgIpc) is 2.37. The fourth-order valence-corrected chi connectivity index (χ4v) is 1.47. The first kappa shape index (κ1) is 15.5. The molecular weight excluding hydrogens is 244 g/mol. The zero-order valence-electron chi connectivity index (χ0n) is 11.7. The Morgan fingerprint density at radius 1 is 1.47 bits per heavy atom. The standard InChI is InChI=1S/C14H22N2O3/c1-11(2)19-10-12-5-4-6-13(9-12)15-14(18)16(3)7-8-17/h4-6,9,11,17H,7-8,10H2,1-3H3,(H,15,18). The number of hydrogen-bond acceptors (Lipinski definition) is 3. The molecule has 106 valence electrons. The van der Waals surface area contributed by atoms with E-state index in [-0.39, 0.29) is 18.7 Å². The second-order valence-corrected chi connectivity index (χ2v) is 4.64. The number of nitrogens with one attached hydrogen (secondary N) is 1. The van der Waals surface area contributed by atoms with E-state index in [1.54, 1.807) is 7.05 Å². The molecule has 0 saturated carbocycles. The minimum atomic E-state index is -0.240. The number of anilines is 1. The molecule has 5 nitrogen and oxygen atoms in total. The maximum absolute atomic E-state index is 11.8. The largest absolute Gasteiger partial charge is 0.395 e. The van der Waals surface area contributed by atoms with Crippen LogP contribution in [-0.2, 0) is 11.3 Å². The number of benzene rings is 1. The molecule has 1 aromatic carbocycles. The number of urea groups is 1. The van der Waals surface area contributed by atoms with Gasteiger partial charge in [0.2, 0.25) is 0 Å². The Bertz CT molecular complexity index is 407. The van der Waals surface area contributed by atoms with Crippen molar-refractivity contribution in [1.82, 2.24) is 4.90 Å². The van der Waals surface area contributed by atoms with E-state index in [0.717, 1.165) is 11.3 Å². The molecule has 0 spiro atoms. The van der Waals surface area contributed by atoms with Crippen LogP contribution >= 0.6 is 0 Å². The Balaban J connectivity index is 2.59. The van der Waals surface area contributed by atoms with E-state index in [1.807, 2.05) is 38.1 Å². The van der Waals surface area contributed by atoms with Crippen molar-refractivity contribution in [3.05, 3.63) is 29.8 Å². The van der Waals surface area contributed by atoms with E-state index in [2.05, 4.69) is 5.32 Å². The van der Waals surface area contributed by atoms with Gasteiger partial charge in [-0.2, -0.15) is 0 Å². The molecular formula is C14H22N2O3. The Labute approximate surface area is 114 Å². The Morgan fingerprint density at radius 3 is 2.84 bits per heavy atom. The first-order valence-electron chi connectivity index (χ1n) is 6.36. The molecule has 0 unspecified atom stereocenters. The number of aliphatic hydroxyl groups is 1. The first-order valence-corrected chi connectivity index (χ1v) is 6.36. The van der Waals surface area contributed by atoms with Crippen LogP contribution in [-0.4, -0.2) is 42.3 Å². The smallest absolute Gasteiger partial charge is 0.321 e. The fraction of sp³-hybridized carbons (Fsp3) is 0.500. The summed E-state index contributed by atoms with van der Waals surface area (Å²) in [5, 5.41) is 11.6. The van der Waals surface area contributed by atoms with Crippen LogP contribution in [0.1, 0.15) is 19.4 Å². The molecule has 0 heterocycles. The summed E-state index contributed by atoms with van der Waals surface area (Å²) in [6.45, 7) is 4.74. The summed E-state index contributed by atoms with van der Waals surface area (Å²) in [4.78, 5) is 13.2. The van der Waals surface area contributed by atoms with Gasteiger partial charge in [-0.25, -0.2) is 4.79 Å². The molecule has 1 rings (SSSR count). The lowest BCUT2D eigenvalue weighted by atomic mass is 10.2. The highest BCUT2D eigenvalue weighted by atomic mass is 16.5. The Kier molecular flexibility index (Phi) is 6.32. The van der Waals surface area contributed by atoms with Crippen LogP contribution < -0.4 is 5.32 Å². The van der Waals surface area contributed by atoms with Crippen molar-refractivity contribution in [2.45, 2.75) is 26.6 Å². The number of hydrogen-bond donors (Lipinski definition) is 2. The van der Waals surface area contributed by atoms with Gasteiger partial charge < -0.3 is 20.1 Å². The summed E-state index contributed by atoms with van der Waals surface area (Å²) in [5.41, 5.74) is 1.73. The highest BCUT2D eigenvalue weighted by Gasteiger charge is 2.08. The van der Waals surface area contributed by atoms with Gasteiger partial charge in [0.25, 0.3) is 0 Å². The van der Waals surface area contributed by atoms with Crippen molar-refractivity contribution < 1.29 is 14.6 Å². The average molecular weight is 266 g/mol. The molecule has 0 saturated heterocycles. The summed E-state index contributed by atoms with van der Waals surface area (Å²) >= 11 is 0. The summed E-state index contributed by atoms with van der Waals surface area (Å²) in [6.07, 6.45) is 0.175. The molecule has 0 fully saturated rings. The molecule has 0 aliphatic heterocycles. The SMILES string of the molecule is CC(C)OCc1cccc(NC(=O)N(C)CCO)c1. The minimum absolute atomic E-state index is 0.0494. The molecule has 2 amide bonds. The van der Waals surface area contributed by atoms with Gasteiger partial charge in [0.15, 0.2) is 0 Å². The predicted octanol–water partition coefficient (Wildman–Crippen LogP) is 2.07. The molecule has 0 radical (unpaired) electrons. The number of aliphatic hydroxyl groups excluding tert-OH is 1. The van der Waals surface area contributed by atoms with E-state index in [0.29, 0.717) is 13.2 Å².